The van der Waals surface area contributed by atoms with Crippen LogP contribution in [0, 0.1) is 19.7 Å². The molecule has 1 amide bonds. The molecule has 0 saturated heterocycles. The summed E-state index contributed by atoms with van der Waals surface area (Å²) < 4.78 is 52.6. The number of nitrogens with one attached hydrogen (secondary N) is 1. The van der Waals surface area contributed by atoms with Gasteiger partial charge in [-0.1, -0.05) is 12.1 Å². The maximum Gasteiger partial charge on any atom is 0.264 e. The van der Waals surface area contributed by atoms with Crippen molar-refractivity contribution in [3.05, 3.63) is 77.6 Å². The van der Waals surface area contributed by atoms with E-state index in [9.17, 15) is 17.6 Å². The number of aryl methyl sites for hydroxylation is 2. The first-order chi connectivity index (χ1) is 15.7. The van der Waals surface area contributed by atoms with Crippen molar-refractivity contribution >= 4 is 27.3 Å². The molecule has 0 unspecified atom stereocenters. The maximum atomic E-state index is 13.6. The molecular weight excluding hydrogens is 447 g/mol. The highest BCUT2D eigenvalue weighted by molar-refractivity contribution is 7.92. The molecule has 1 heterocycles. The number of hydrogen-bond donors (Lipinski definition) is 1. The molecule has 9 heteroatoms. The van der Waals surface area contributed by atoms with Gasteiger partial charge in [0.1, 0.15) is 25.6 Å². The van der Waals surface area contributed by atoms with Crippen LogP contribution in [0.2, 0.25) is 0 Å². The van der Waals surface area contributed by atoms with Gasteiger partial charge in [0.05, 0.1) is 10.6 Å². The number of nitrogens with zero attached hydrogens (tertiary/aromatic N) is 1. The number of sulfonamides is 1. The second-order valence-electron chi connectivity index (χ2n) is 7.66. The number of carbonyl (C=O) groups excluding carboxylic acids is 1. The molecule has 0 fully saturated rings. The second kappa shape index (κ2) is 9.11. The third-order valence-corrected chi connectivity index (χ3v) is 6.94. The Balaban J connectivity index is 1.68. The average molecular weight is 471 g/mol. The highest BCUT2D eigenvalue weighted by Gasteiger charge is 2.29. The van der Waals surface area contributed by atoms with E-state index in [1.807, 2.05) is 32.0 Å². The number of halogens is 1. The van der Waals surface area contributed by atoms with Gasteiger partial charge in [-0.25, -0.2) is 12.8 Å². The number of carbonyl (C=O) groups is 1. The van der Waals surface area contributed by atoms with Crippen molar-refractivity contribution in [1.82, 2.24) is 0 Å². The fraction of sp³-hybridized carbons (Fsp3) is 0.208. The first kappa shape index (κ1) is 22.6. The summed E-state index contributed by atoms with van der Waals surface area (Å²) in [7, 11) is -4.19. The van der Waals surface area contributed by atoms with Crippen LogP contribution in [0.1, 0.15) is 11.1 Å². The number of anilines is 2. The van der Waals surface area contributed by atoms with Crippen LogP contribution in [-0.4, -0.2) is 34.1 Å². The number of rotatable bonds is 6. The van der Waals surface area contributed by atoms with Crippen molar-refractivity contribution < 1.29 is 27.1 Å². The summed E-state index contributed by atoms with van der Waals surface area (Å²) in [4.78, 5) is 12.8. The molecule has 33 heavy (non-hydrogen) atoms. The minimum Gasteiger partial charge on any atom is -0.486 e. The Labute approximate surface area is 191 Å². The molecule has 0 radical (unpaired) electrons. The quantitative estimate of drug-likeness (QED) is 0.588. The van der Waals surface area contributed by atoms with Crippen molar-refractivity contribution in [2.45, 2.75) is 18.7 Å². The van der Waals surface area contributed by atoms with Gasteiger partial charge >= 0.3 is 0 Å². The zero-order valence-electron chi connectivity index (χ0n) is 18.2. The van der Waals surface area contributed by atoms with Gasteiger partial charge < -0.3 is 14.8 Å². The van der Waals surface area contributed by atoms with Gasteiger partial charge in [-0.15, -0.1) is 0 Å². The predicted molar refractivity (Wildman–Crippen MR) is 123 cm³/mol. The summed E-state index contributed by atoms with van der Waals surface area (Å²) in [6.45, 7) is 3.91. The van der Waals surface area contributed by atoms with Crippen LogP contribution in [0.25, 0.3) is 0 Å². The standard InChI is InChI=1S/C24H23FN2O5S/c1-16-3-4-17(2)21(13-16)26-24(28)15-27(19-7-5-18(25)6-8-19)33(29,30)20-9-10-22-23(14-20)32-12-11-31-22/h3-10,13-14H,11-12,15H2,1-2H3,(H,26,28). The normalized spacial score (nSPS) is 12.8. The van der Waals surface area contributed by atoms with Gasteiger partial charge in [-0.3, -0.25) is 9.10 Å². The molecule has 3 aromatic carbocycles. The van der Waals surface area contributed by atoms with Gasteiger partial charge in [0, 0.05) is 11.8 Å². The van der Waals surface area contributed by atoms with Crippen LogP contribution >= 0.6 is 0 Å². The van der Waals surface area contributed by atoms with Crippen molar-refractivity contribution in [3.8, 4) is 11.5 Å². The molecule has 1 aliphatic rings. The van der Waals surface area contributed by atoms with E-state index in [0.29, 0.717) is 30.4 Å². The van der Waals surface area contributed by atoms with E-state index in [1.54, 1.807) is 0 Å². The van der Waals surface area contributed by atoms with Crippen LogP contribution in [-0.2, 0) is 14.8 Å². The summed E-state index contributed by atoms with van der Waals surface area (Å²) in [5.41, 5.74) is 2.55. The minimum atomic E-state index is -4.19. The van der Waals surface area contributed by atoms with Crippen LogP contribution in [0.4, 0.5) is 15.8 Å². The van der Waals surface area contributed by atoms with E-state index < -0.39 is 28.3 Å². The summed E-state index contributed by atoms with van der Waals surface area (Å²) in [6.07, 6.45) is 0. The second-order valence-corrected chi connectivity index (χ2v) is 9.52. The van der Waals surface area contributed by atoms with Crippen LogP contribution in [0.5, 0.6) is 11.5 Å². The number of hydrogen-bond acceptors (Lipinski definition) is 5. The molecule has 0 atom stereocenters. The Morgan fingerprint density at radius 3 is 2.39 bits per heavy atom. The first-order valence-corrected chi connectivity index (χ1v) is 11.7. The van der Waals surface area contributed by atoms with E-state index in [2.05, 4.69) is 5.32 Å². The van der Waals surface area contributed by atoms with Gasteiger partial charge in [0.25, 0.3) is 10.0 Å². The molecule has 172 valence electrons. The summed E-state index contributed by atoms with van der Waals surface area (Å²) >= 11 is 0. The molecule has 0 aromatic heterocycles. The predicted octanol–water partition coefficient (Wildman–Crippen LogP) is 4.05. The molecule has 0 saturated carbocycles. The number of fused-ring (bicyclic) bond motifs is 1. The highest BCUT2D eigenvalue weighted by atomic mass is 32.2. The Morgan fingerprint density at radius 1 is 0.970 bits per heavy atom. The summed E-state index contributed by atoms with van der Waals surface area (Å²) in [5, 5.41) is 2.77. The fourth-order valence-electron chi connectivity index (χ4n) is 3.42. The molecule has 7 nitrogen and oxygen atoms in total. The lowest BCUT2D eigenvalue weighted by atomic mass is 10.1. The lowest BCUT2D eigenvalue weighted by molar-refractivity contribution is -0.114. The van der Waals surface area contributed by atoms with Gasteiger partial charge in [-0.2, -0.15) is 0 Å². The topological polar surface area (TPSA) is 84.9 Å². The van der Waals surface area contributed by atoms with E-state index in [0.717, 1.165) is 27.6 Å². The lowest BCUT2D eigenvalue weighted by Gasteiger charge is -2.25. The third-order valence-electron chi connectivity index (χ3n) is 5.17. The monoisotopic (exact) mass is 470 g/mol. The van der Waals surface area contributed by atoms with Crippen molar-refractivity contribution in [2.75, 3.05) is 29.4 Å². The molecule has 3 aromatic rings. The zero-order valence-corrected chi connectivity index (χ0v) is 19.0. The Morgan fingerprint density at radius 2 is 1.67 bits per heavy atom. The van der Waals surface area contributed by atoms with Crippen LogP contribution in [0.15, 0.2) is 65.6 Å². The zero-order chi connectivity index (χ0) is 23.6. The smallest absolute Gasteiger partial charge is 0.264 e. The Kier molecular flexibility index (Phi) is 6.24. The SMILES string of the molecule is Cc1ccc(C)c(NC(=O)CN(c2ccc(F)cc2)S(=O)(=O)c2ccc3c(c2)OCCO3)c1. The molecule has 0 spiro atoms. The molecule has 0 bridgehead atoms. The number of benzene rings is 3. The molecule has 1 aliphatic heterocycles. The Hall–Kier alpha value is -3.59. The minimum absolute atomic E-state index is 0.0735. The molecule has 0 aliphatic carbocycles. The van der Waals surface area contributed by atoms with Crippen molar-refractivity contribution in [3.63, 3.8) is 0 Å². The van der Waals surface area contributed by atoms with Gasteiger partial charge in [0.2, 0.25) is 5.91 Å². The van der Waals surface area contributed by atoms with E-state index >= 15 is 0 Å². The fourth-order valence-corrected chi connectivity index (χ4v) is 4.86. The van der Waals surface area contributed by atoms with E-state index in [4.69, 9.17) is 9.47 Å². The van der Waals surface area contributed by atoms with Crippen LogP contribution < -0.4 is 19.1 Å². The maximum absolute atomic E-state index is 13.6. The average Bonchev–Trinajstić information content (AvgIpc) is 2.80. The van der Waals surface area contributed by atoms with Crippen LogP contribution in [0.3, 0.4) is 0 Å². The highest BCUT2D eigenvalue weighted by Crippen LogP contribution is 2.34. The van der Waals surface area contributed by atoms with Gasteiger partial charge in [-0.05, 0) is 67.4 Å². The van der Waals surface area contributed by atoms with Crippen molar-refractivity contribution in [1.29, 1.82) is 0 Å². The molecule has 1 N–H and O–H groups in total. The summed E-state index contributed by atoms with van der Waals surface area (Å²) in [5.74, 6) is -0.299. The van der Waals surface area contributed by atoms with E-state index in [1.165, 1.54) is 30.3 Å². The number of ether oxygens (including phenoxy) is 2. The van der Waals surface area contributed by atoms with Gasteiger partial charge in [0.15, 0.2) is 11.5 Å². The Bertz CT molecular complexity index is 1290. The lowest BCUT2D eigenvalue weighted by Crippen LogP contribution is -2.38. The third kappa shape index (κ3) is 4.93. The number of amides is 1. The molecule has 4 rings (SSSR count). The van der Waals surface area contributed by atoms with E-state index in [-0.39, 0.29) is 10.6 Å². The largest absolute Gasteiger partial charge is 0.486 e. The summed E-state index contributed by atoms with van der Waals surface area (Å²) in [6, 6.07) is 14.8. The molecular formula is C24H23FN2O5S. The first-order valence-electron chi connectivity index (χ1n) is 10.3. The van der Waals surface area contributed by atoms with Crippen molar-refractivity contribution in [2.24, 2.45) is 0 Å².